The number of carbonyl (C=O) groups is 1. The van der Waals surface area contributed by atoms with Crippen LogP contribution in [0.4, 0.5) is 15.8 Å². The highest BCUT2D eigenvalue weighted by Crippen LogP contribution is 2.33. The summed E-state index contributed by atoms with van der Waals surface area (Å²) in [5, 5.41) is 0. The first-order chi connectivity index (χ1) is 10.6. The van der Waals surface area contributed by atoms with E-state index in [4.69, 9.17) is 5.73 Å². The molecule has 122 valence electrons. The van der Waals surface area contributed by atoms with Gasteiger partial charge in [-0.3, -0.25) is 4.79 Å². The van der Waals surface area contributed by atoms with Gasteiger partial charge in [0.15, 0.2) is 0 Å². The third-order valence-corrected chi connectivity index (χ3v) is 4.30. The molecule has 3 nitrogen and oxygen atoms in total. The van der Waals surface area contributed by atoms with Crippen molar-refractivity contribution in [3.05, 3.63) is 59.4 Å². The fourth-order valence-electron chi connectivity index (χ4n) is 3.07. The number of carbonyl (C=O) groups excluding carboxylic acids is 1. The lowest BCUT2D eigenvalue weighted by atomic mass is 9.95. The standard InChI is InChI=1S/C18H19FN2O.ClH/c1-12(13-6-2-3-8-15(13)19)18(22)21-11-5-7-14-16(20)9-4-10-17(14)21;/h2-4,6,8-10,12H,5,7,11,20H2,1H3;1H. The lowest BCUT2D eigenvalue weighted by Crippen LogP contribution is -2.38. The predicted octanol–water partition coefficient (Wildman–Crippen LogP) is 3.91. The molecule has 0 saturated heterocycles. The maximum absolute atomic E-state index is 13.9. The lowest BCUT2D eigenvalue weighted by molar-refractivity contribution is -0.119. The molecule has 1 heterocycles. The Morgan fingerprint density at radius 1 is 1.22 bits per heavy atom. The highest BCUT2D eigenvalue weighted by Gasteiger charge is 2.28. The predicted molar refractivity (Wildman–Crippen MR) is 93.6 cm³/mol. The van der Waals surface area contributed by atoms with Crippen molar-refractivity contribution in [3.63, 3.8) is 0 Å². The molecule has 2 aromatic rings. The molecule has 0 radical (unpaired) electrons. The van der Waals surface area contributed by atoms with Crippen LogP contribution in [-0.2, 0) is 11.2 Å². The minimum atomic E-state index is -0.520. The first-order valence-corrected chi connectivity index (χ1v) is 7.52. The smallest absolute Gasteiger partial charge is 0.234 e. The Morgan fingerprint density at radius 3 is 2.70 bits per heavy atom. The van der Waals surface area contributed by atoms with Crippen LogP contribution in [0.2, 0.25) is 0 Å². The molecule has 2 aromatic carbocycles. The van der Waals surface area contributed by atoms with Gasteiger partial charge in [0.05, 0.1) is 5.92 Å². The van der Waals surface area contributed by atoms with Crippen LogP contribution < -0.4 is 10.6 Å². The fourth-order valence-corrected chi connectivity index (χ4v) is 3.07. The molecular formula is C18H20ClFN2O. The van der Waals surface area contributed by atoms with Crippen LogP contribution in [0.25, 0.3) is 0 Å². The second-order valence-electron chi connectivity index (χ2n) is 5.68. The van der Waals surface area contributed by atoms with Gasteiger partial charge in [0.25, 0.3) is 0 Å². The van der Waals surface area contributed by atoms with Crippen molar-refractivity contribution in [3.8, 4) is 0 Å². The molecule has 5 heteroatoms. The molecule has 0 fully saturated rings. The average Bonchev–Trinajstić information content (AvgIpc) is 2.54. The van der Waals surface area contributed by atoms with Crippen molar-refractivity contribution < 1.29 is 9.18 Å². The summed E-state index contributed by atoms with van der Waals surface area (Å²) in [5.41, 5.74) is 9.04. The van der Waals surface area contributed by atoms with Crippen LogP contribution in [0.15, 0.2) is 42.5 Å². The maximum atomic E-state index is 13.9. The zero-order valence-corrected chi connectivity index (χ0v) is 13.8. The Kier molecular flexibility index (Phi) is 5.26. The second-order valence-corrected chi connectivity index (χ2v) is 5.68. The van der Waals surface area contributed by atoms with Crippen LogP contribution in [0.1, 0.15) is 30.4 Å². The SMILES string of the molecule is CC(C(=O)N1CCCc2c(N)cccc21)c1ccccc1F.Cl. The molecule has 1 atom stereocenters. The van der Waals surface area contributed by atoms with Gasteiger partial charge in [-0.1, -0.05) is 24.3 Å². The second kappa shape index (κ2) is 7.01. The summed E-state index contributed by atoms with van der Waals surface area (Å²) >= 11 is 0. The molecule has 1 amide bonds. The monoisotopic (exact) mass is 334 g/mol. The number of nitrogens with two attached hydrogens (primary N) is 1. The van der Waals surface area contributed by atoms with Gasteiger partial charge in [0.2, 0.25) is 5.91 Å². The van der Waals surface area contributed by atoms with E-state index < -0.39 is 5.92 Å². The lowest BCUT2D eigenvalue weighted by Gasteiger charge is -2.32. The van der Waals surface area contributed by atoms with Crippen molar-refractivity contribution in [2.24, 2.45) is 0 Å². The summed E-state index contributed by atoms with van der Waals surface area (Å²) in [6.45, 7) is 2.40. The Bertz CT molecular complexity index is 720. The third-order valence-electron chi connectivity index (χ3n) is 4.30. The highest BCUT2D eigenvalue weighted by atomic mass is 35.5. The van der Waals surface area contributed by atoms with E-state index in [0.29, 0.717) is 17.8 Å². The third kappa shape index (κ3) is 3.17. The van der Waals surface area contributed by atoms with Crippen LogP contribution in [0.3, 0.4) is 0 Å². The van der Waals surface area contributed by atoms with E-state index in [1.54, 1.807) is 30.0 Å². The van der Waals surface area contributed by atoms with Gasteiger partial charge in [-0.2, -0.15) is 0 Å². The minimum Gasteiger partial charge on any atom is -0.398 e. The molecule has 3 rings (SSSR count). The molecule has 0 bridgehead atoms. The first-order valence-electron chi connectivity index (χ1n) is 7.52. The molecule has 0 aromatic heterocycles. The number of rotatable bonds is 2. The fraction of sp³-hybridized carbons (Fsp3) is 0.278. The van der Waals surface area contributed by atoms with Crippen LogP contribution in [0.5, 0.6) is 0 Å². The summed E-state index contributed by atoms with van der Waals surface area (Å²) < 4.78 is 13.9. The van der Waals surface area contributed by atoms with Crippen molar-refractivity contribution in [2.45, 2.75) is 25.7 Å². The summed E-state index contributed by atoms with van der Waals surface area (Å²) in [4.78, 5) is 14.6. The summed E-state index contributed by atoms with van der Waals surface area (Å²) in [5.74, 6) is -0.946. The number of nitrogen functional groups attached to an aromatic ring is 1. The van der Waals surface area contributed by atoms with E-state index >= 15 is 0 Å². The highest BCUT2D eigenvalue weighted by molar-refractivity contribution is 5.99. The molecule has 2 N–H and O–H groups in total. The number of nitrogens with zero attached hydrogens (tertiary/aromatic N) is 1. The van der Waals surface area contributed by atoms with Crippen molar-refractivity contribution >= 4 is 29.7 Å². The summed E-state index contributed by atoms with van der Waals surface area (Å²) in [6.07, 6.45) is 1.75. The van der Waals surface area contributed by atoms with Crippen molar-refractivity contribution in [2.75, 3.05) is 17.2 Å². The molecule has 1 unspecified atom stereocenters. The van der Waals surface area contributed by atoms with Crippen LogP contribution >= 0.6 is 12.4 Å². The minimum absolute atomic E-state index is 0. The van der Waals surface area contributed by atoms with Gasteiger partial charge in [-0.05, 0) is 49.1 Å². The topological polar surface area (TPSA) is 46.3 Å². The van der Waals surface area contributed by atoms with E-state index in [1.807, 2.05) is 18.2 Å². The maximum Gasteiger partial charge on any atom is 0.234 e. The van der Waals surface area contributed by atoms with E-state index in [2.05, 4.69) is 0 Å². The average molecular weight is 335 g/mol. The van der Waals surface area contributed by atoms with Crippen molar-refractivity contribution in [1.82, 2.24) is 0 Å². The first kappa shape index (κ1) is 17.3. The van der Waals surface area contributed by atoms with E-state index in [1.165, 1.54) is 6.07 Å². The number of anilines is 2. The van der Waals surface area contributed by atoms with E-state index in [-0.39, 0.29) is 24.1 Å². The van der Waals surface area contributed by atoms with E-state index in [9.17, 15) is 9.18 Å². The molecular weight excluding hydrogens is 315 g/mol. The molecule has 1 aliphatic rings. The largest absolute Gasteiger partial charge is 0.398 e. The van der Waals surface area contributed by atoms with Gasteiger partial charge in [-0.25, -0.2) is 4.39 Å². The molecule has 1 aliphatic heterocycles. The van der Waals surface area contributed by atoms with E-state index in [0.717, 1.165) is 24.1 Å². The van der Waals surface area contributed by atoms with Gasteiger partial charge >= 0.3 is 0 Å². The summed E-state index contributed by atoms with van der Waals surface area (Å²) in [6, 6.07) is 12.1. The number of benzene rings is 2. The van der Waals surface area contributed by atoms with Crippen LogP contribution in [-0.4, -0.2) is 12.5 Å². The molecule has 0 aliphatic carbocycles. The Hall–Kier alpha value is -2.07. The molecule has 0 saturated carbocycles. The number of fused-ring (bicyclic) bond motifs is 1. The molecule has 23 heavy (non-hydrogen) atoms. The van der Waals surface area contributed by atoms with Gasteiger partial charge < -0.3 is 10.6 Å². The normalized spacial score (nSPS) is 14.6. The number of hydrogen-bond acceptors (Lipinski definition) is 2. The van der Waals surface area contributed by atoms with Gasteiger partial charge in [0.1, 0.15) is 5.82 Å². The Balaban J connectivity index is 0.00000192. The van der Waals surface area contributed by atoms with Crippen molar-refractivity contribution in [1.29, 1.82) is 0 Å². The Labute approximate surface area is 141 Å². The van der Waals surface area contributed by atoms with Gasteiger partial charge in [-0.15, -0.1) is 12.4 Å². The summed E-state index contributed by atoms with van der Waals surface area (Å²) in [7, 11) is 0. The molecule has 0 spiro atoms. The number of amides is 1. The number of halogens is 2. The van der Waals surface area contributed by atoms with Gasteiger partial charge in [0, 0.05) is 17.9 Å². The van der Waals surface area contributed by atoms with Crippen LogP contribution in [0, 0.1) is 5.82 Å². The quantitative estimate of drug-likeness (QED) is 0.846. The Morgan fingerprint density at radius 2 is 1.96 bits per heavy atom. The zero-order valence-electron chi connectivity index (χ0n) is 13.0. The number of hydrogen-bond donors (Lipinski definition) is 1. The zero-order chi connectivity index (χ0) is 15.7.